The van der Waals surface area contributed by atoms with Crippen LogP contribution >= 0.6 is 0 Å². The fourth-order valence-electron chi connectivity index (χ4n) is 1.20. The van der Waals surface area contributed by atoms with E-state index >= 15 is 0 Å². The molecule has 0 saturated heterocycles. The molecule has 1 aromatic rings. The minimum absolute atomic E-state index is 0.630. The lowest BCUT2D eigenvalue weighted by atomic mass is 10.3. The Morgan fingerprint density at radius 3 is 2.79 bits per heavy atom. The van der Waals surface area contributed by atoms with Gasteiger partial charge in [-0.15, -0.1) is 0 Å². The lowest BCUT2D eigenvalue weighted by molar-refractivity contribution is 0.388. The summed E-state index contributed by atoms with van der Waals surface area (Å²) < 4.78 is 5.10. The third kappa shape index (κ3) is 3.30. The molecule has 4 nitrogen and oxygen atoms in total. The zero-order valence-corrected chi connectivity index (χ0v) is 8.79. The molecular formula is C10H17N3O. The van der Waals surface area contributed by atoms with E-state index in [2.05, 4.69) is 22.2 Å². The van der Waals surface area contributed by atoms with Crippen LogP contribution in [-0.4, -0.2) is 30.2 Å². The summed E-state index contributed by atoms with van der Waals surface area (Å²) in [6.45, 7) is 4.11. The van der Waals surface area contributed by atoms with Crippen molar-refractivity contribution in [2.24, 2.45) is 0 Å². The SMILES string of the molecule is CCCNCCc1nccnc1OC. The minimum Gasteiger partial charge on any atom is -0.480 e. The first-order valence-electron chi connectivity index (χ1n) is 4.93. The number of hydrogen-bond acceptors (Lipinski definition) is 4. The van der Waals surface area contributed by atoms with Gasteiger partial charge in [0.05, 0.1) is 7.11 Å². The molecule has 14 heavy (non-hydrogen) atoms. The molecule has 1 N–H and O–H groups in total. The Morgan fingerprint density at radius 1 is 1.29 bits per heavy atom. The van der Waals surface area contributed by atoms with Gasteiger partial charge >= 0.3 is 0 Å². The summed E-state index contributed by atoms with van der Waals surface area (Å²) in [5, 5.41) is 3.31. The second-order valence-electron chi connectivity index (χ2n) is 3.01. The molecule has 0 amide bonds. The summed E-state index contributed by atoms with van der Waals surface area (Å²) >= 11 is 0. The molecule has 0 saturated carbocycles. The summed E-state index contributed by atoms with van der Waals surface area (Å²) in [4.78, 5) is 8.30. The zero-order valence-electron chi connectivity index (χ0n) is 8.79. The number of nitrogens with zero attached hydrogens (tertiary/aromatic N) is 2. The van der Waals surface area contributed by atoms with Gasteiger partial charge in [0.25, 0.3) is 0 Å². The Labute approximate surface area is 84.7 Å². The molecule has 0 aliphatic rings. The van der Waals surface area contributed by atoms with Crippen LogP contribution in [0, 0.1) is 0 Å². The van der Waals surface area contributed by atoms with E-state index in [-0.39, 0.29) is 0 Å². The van der Waals surface area contributed by atoms with E-state index in [0.717, 1.165) is 31.6 Å². The molecule has 0 spiro atoms. The highest BCUT2D eigenvalue weighted by atomic mass is 16.5. The first-order chi connectivity index (χ1) is 6.88. The van der Waals surface area contributed by atoms with Crippen molar-refractivity contribution in [1.82, 2.24) is 15.3 Å². The molecule has 0 fully saturated rings. The molecule has 4 heteroatoms. The molecule has 0 bridgehead atoms. The minimum atomic E-state index is 0.630. The standard InChI is InChI=1S/C10H17N3O/c1-3-5-11-6-4-9-10(14-2)13-8-7-12-9/h7-8,11H,3-6H2,1-2H3. The Hall–Kier alpha value is -1.16. The van der Waals surface area contributed by atoms with Crippen LogP contribution in [0.3, 0.4) is 0 Å². The van der Waals surface area contributed by atoms with Crippen molar-refractivity contribution in [2.45, 2.75) is 19.8 Å². The van der Waals surface area contributed by atoms with Crippen LogP contribution in [0.1, 0.15) is 19.0 Å². The third-order valence-electron chi connectivity index (χ3n) is 1.89. The highest BCUT2D eigenvalue weighted by Crippen LogP contribution is 2.09. The average Bonchev–Trinajstić information content (AvgIpc) is 2.25. The van der Waals surface area contributed by atoms with Gasteiger partial charge in [-0.3, -0.25) is 4.98 Å². The van der Waals surface area contributed by atoms with Gasteiger partial charge in [0, 0.05) is 25.4 Å². The van der Waals surface area contributed by atoms with Gasteiger partial charge in [-0.1, -0.05) is 6.92 Å². The molecule has 0 atom stereocenters. The van der Waals surface area contributed by atoms with E-state index in [4.69, 9.17) is 4.74 Å². The molecule has 0 aliphatic heterocycles. The van der Waals surface area contributed by atoms with E-state index in [9.17, 15) is 0 Å². The topological polar surface area (TPSA) is 47.0 Å². The van der Waals surface area contributed by atoms with Crippen molar-refractivity contribution < 1.29 is 4.74 Å². The smallest absolute Gasteiger partial charge is 0.235 e. The first kappa shape index (κ1) is 10.9. The number of hydrogen-bond donors (Lipinski definition) is 1. The average molecular weight is 195 g/mol. The number of ether oxygens (including phenoxy) is 1. The molecular weight excluding hydrogens is 178 g/mol. The second kappa shape index (κ2) is 6.32. The number of methoxy groups -OCH3 is 1. The van der Waals surface area contributed by atoms with Crippen LogP contribution in [0.2, 0.25) is 0 Å². The van der Waals surface area contributed by atoms with Crippen LogP contribution in [-0.2, 0) is 6.42 Å². The fourth-order valence-corrected chi connectivity index (χ4v) is 1.20. The van der Waals surface area contributed by atoms with E-state index in [1.54, 1.807) is 19.5 Å². The fraction of sp³-hybridized carbons (Fsp3) is 0.600. The summed E-state index contributed by atoms with van der Waals surface area (Å²) in [6.07, 6.45) is 5.34. The van der Waals surface area contributed by atoms with Gasteiger partial charge in [-0.2, -0.15) is 0 Å². The van der Waals surface area contributed by atoms with Crippen molar-refractivity contribution in [2.75, 3.05) is 20.2 Å². The van der Waals surface area contributed by atoms with Crippen molar-refractivity contribution in [3.63, 3.8) is 0 Å². The van der Waals surface area contributed by atoms with Gasteiger partial charge in [0.15, 0.2) is 0 Å². The Balaban J connectivity index is 2.41. The normalized spacial score (nSPS) is 10.1. The quantitative estimate of drug-likeness (QED) is 0.689. The lowest BCUT2D eigenvalue weighted by Gasteiger charge is -2.05. The van der Waals surface area contributed by atoms with Gasteiger partial charge in [0.2, 0.25) is 5.88 Å². The second-order valence-corrected chi connectivity index (χ2v) is 3.01. The van der Waals surface area contributed by atoms with E-state index in [1.807, 2.05) is 0 Å². The highest BCUT2D eigenvalue weighted by Gasteiger charge is 2.03. The van der Waals surface area contributed by atoms with Crippen LogP contribution < -0.4 is 10.1 Å². The molecule has 1 aromatic heterocycles. The van der Waals surface area contributed by atoms with Crippen molar-refractivity contribution in [3.05, 3.63) is 18.1 Å². The van der Waals surface area contributed by atoms with Crippen LogP contribution in [0.5, 0.6) is 5.88 Å². The maximum atomic E-state index is 5.10. The van der Waals surface area contributed by atoms with Crippen molar-refractivity contribution in [3.8, 4) is 5.88 Å². The maximum absolute atomic E-state index is 5.10. The van der Waals surface area contributed by atoms with E-state index in [1.165, 1.54) is 0 Å². The van der Waals surface area contributed by atoms with E-state index in [0.29, 0.717) is 5.88 Å². The van der Waals surface area contributed by atoms with Crippen molar-refractivity contribution in [1.29, 1.82) is 0 Å². The molecule has 1 rings (SSSR count). The van der Waals surface area contributed by atoms with Gasteiger partial charge in [-0.25, -0.2) is 4.98 Å². The summed E-state index contributed by atoms with van der Waals surface area (Å²) in [5.41, 5.74) is 0.915. The lowest BCUT2D eigenvalue weighted by Crippen LogP contribution is -2.18. The molecule has 0 unspecified atom stereocenters. The molecule has 0 radical (unpaired) electrons. The van der Waals surface area contributed by atoms with Gasteiger partial charge in [0.1, 0.15) is 5.69 Å². The number of aromatic nitrogens is 2. The number of rotatable bonds is 6. The molecule has 0 aliphatic carbocycles. The zero-order chi connectivity index (χ0) is 10.2. The van der Waals surface area contributed by atoms with Crippen LogP contribution in [0.25, 0.3) is 0 Å². The Bertz CT molecular complexity index is 265. The molecule has 78 valence electrons. The monoisotopic (exact) mass is 195 g/mol. The largest absolute Gasteiger partial charge is 0.480 e. The summed E-state index contributed by atoms with van der Waals surface area (Å²) in [6, 6.07) is 0. The predicted molar refractivity (Wildman–Crippen MR) is 55.4 cm³/mol. The maximum Gasteiger partial charge on any atom is 0.235 e. The van der Waals surface area contributed by atoms with Crippen LogP contribution in [0.15, 0.2) is 12.4 Å². The Morgan fingerprint density at radius 2 is 2.07 bits per heavy atom. The van der Waals surface area contributed by atoms with Gasteiger partial charge in [-0.05, 0) is 13.0 Å². The van der Waals surface area contributed by atoms with E-state index < -0.39 is 0 Å². The summed E-state index contributed by atoms with van der Waals surface area (Å²) in [7, 11) is 1.62. The summed E-state index contributed by atoms with van der Waals surface area (Å²) in [5.74, 6) is 0.630. The van der Waals surface area contributed by atoms with Crippen molar-refractivity contribution >= 4 is 0 Å². The highest BCUT2D eigenvalue weighted by molar-refractivity contribution is 5.17. The third-order valence-corrected chi connectivity index (χ3v) is 1.89. The van der Waals surface area contributed by atoms with Crippen LogP contribution in [0.4, 0.5) is 0 Å². The predicted octanol–water partition coefficient (Wildman–Crippen LogP) is 1.03. The molecule has 1 heterocycles. The molecule has 0 aromatic carbocycles. The first-order valence-corrected chi connectivity index (χ1v) is 4.93. The number of nitrogens with one attached hydrogen (secondary N) is 1. The Kier molecular flexibility index (Phi) is 4.93. The van der Waals surface area contributed by atoms with Gasteiger partial charge < -0.3 is 10.1 Å².